The predicted molar refractivity (Wildman–Crippen MR) is 63.6 cm³/mol. The van der Waals surface area contributed by atoms with Crippen LogP contribution >= 0.6 is 0 Å². The van der Waals surface area contributed by atoms with E-state index in [1.165, 1.54) is 17.5 Å². The molecule has 0 spiro atoms. The van der Waals surface area contributed by atoms with E-state index in [2.05, 4.69) is 44.0 Å². The Morgan fingerprint density at radius 1 is 1.33 bits per heavy atom. The van der Waals surface area contributed by atoms with Gasteiger partial charge in [-0.15, -0.1) is 6.42 Å². The SMILES string of the molecule is C#CCOCc1ccc(C(C)CC)cc1. The summed E-state index contributed by atoms with van der Waals surface area (Å²) in [5.41, 5.74) is 2.57. The molecule has 0 aromatic heterocycles. The molecule has 1 aromatic carbocycles. The van der Waals surface area contributed by atoms with Gasteiger partial charge in [0.25, 0.3) is 0 Å². The maximum absolute atomic E-state index is 5.26. The summed E-state index contributed by atoms with van der Waals surface area (Å²) in [7, 11) is 0. The highest BCUT2D eigenvalue weighted by Gasteiger charge is 2.01. The molecule has 1 aromatic rings. The van der Waals surface area contributed by atoms with Gasteiger partial charge in [-0.05, 0) is 23.5 Å². The Balaban J connectivity index is 2.53. The molecule has 0 N–H and O–H groups in total. The molecular weight excluding hydrogens is 184 g/mol. The minimum absolute atomic E-state index is 0.382. The Morgan fingerprint density at radius 2 is 2.00 bits per heavy atom. The number of hydrogen-bond acceptors (Lipinski definition) is 1. The molecule has 0 radical (unpaired) electrons. The van der Waals surface area contributed by atoms with Crippen molar-refractivity contribution in [3.05, 3.63) is 35.4 Å². The molecule has 1 unspecified atom stereocenters. The van der Waals surface area contributed by atoms with Gasteiger partial charge in [-0.25, -0.2) is 0 Å². The first-order valence-electron chi connectivity index (χ1n) is 5.38. The molecule has 0 fully saturated rings. The Morgan fingerprint density at radius 3 is 2.53 bits per heavy atom. The van der Waals surface area contributed by atoms with E-state index >= 15 is 0 Å². The molecule has 0 bridgehead atoms. The van der Waals surface area contributed by atoms with E-state index in [9.17, 15) is 0 Å². The number of terminal acetylenes is 1. The Labute approximate surface area is 92.5 Å². The van der Waals surface area contributed by atoms with Gasteiger partial charge in [0.1, 0.15) is 6.61 Å². The largest absolute Gasteiger partial charge is 0.364 e. The van der Waals surface area contributed by atoms with E-state index in [0.29, 0.717) is 19.1 Å². The summed E-state index contributed by atoms with van der Waals surface area (Å²) in [6.07, 6.45) is 6.27. The van der Waals surface area contributed by atoms with Gasteiger partial charge in [0.05, 0.1) is 6.61 Å². The normalized spacial score (nSPS) is 12.1. The maximum Gasteiger partial charge on any atom is 0.107 e. The summed E-state index contributed by atoms with van der Waals surface area (Å²) in [6, 6.07) is 8.56. The van der Waals surface area contributed by atoms with E-state index in [1.54, 1.807) is 0 Å². The molecule has 0 amide bonds. The highest BCUT2D eigenvalue weighted by molar-refractivity contribution is 5.24. The van der Waals surface area contributed by atoms with Crippen LogP contribution in [0.2, 0.25) is 0 Å². The van der Waals surface area contributed by atoms with Crippen LogP contribution in [0.5, 0.6) is 0 Å². The Bertz CT molecular complexity index is 318. The minimum Gasteiger partial charge on any atom is -0.364 e. The third-order valence-corrected chi connectivity index (χ3v) is 2.62. The van der Waals surface area contributed by atoms with Crippen LogP contribution in [0.4, 0.5) is 0 Å². The molecule has 1 rings (SSSR count). The van der Waals surface area contributed by atoms with Crippen molar-refractivity contribution in [2.24, 2.45) is 0 Å². The third kappa shape index (κ3) is 3.77. The average molecular weight is 202 g/mol. The fourth-order valence-electron chi connectivity index (χ4n) is 1.41. The molecular formula is C14H18O. The maximum atomic E-state index is 5.26. The first-order chi connectivity index (χ1) is 7.27. The van der Waals surface area contributed by atoms with Gasteiger partial charge in [0.2, 0.25) is 0 Å². The number of ether oxygens (including phenoxy) is 1. The minimum atomic E-state index is 0.382. The number of hydrogen-bond donors (Lipinski definition) is 0. The highest BCUT2D eigenvalue weighted by Crippen LogP contribution is 2.18. The molecule has 0 heterocycles. The molecule has 1 heteroatoms. The molecule has 0 aliphatic carbocycles. The fraction of sp³-hybridized carbons (Fsp3) is 0.429. The van der Waals surface area contributed by atoms with Gasteiger partial charge in [-0.1, -0.05) is 44.0 Å². The van der Waals surface area contributed by atoms with E-state index in [-0.39, 0.29) is 0 Å². The number of benzene rings is 1. The standard InChI is InChI=1S/C14H18O/c1-4-10-15-11-13-6-8-14(9-7-13)12(3)5-2/h1,6-9,12H,5,10-11H2,2-3H3. The van der Waals surface area contributed by atoms with Crippen LogP contribution in [0.25, 0.3) is 0 Å². The van der Waals surface area contributed by atoms with Crippen molar-refractivity contribution in [2.45, 2.75) is 32.8 Å². The second kappa shape index (κ2) is 6.27. The summed E-state index contributed by atoms with van der Waals surface area (Å²) in [5.74, 6) is 3.08. The van der Waals surface area contributed by atoms with Crippen LogP contribution in [0.15, 0.2) is 24.3 Å². The average Bonchev–Trinajstić information content (AvgIpc) is 2.29. The van der Waals surface area contributed by atoms with E-state index in [1.807, 2.05) is 0 Å². The quantitative estimate of drug-likeness (QED) is 0.525. The monoisotopic (exact) mass is 202 g/mol. The van der Waals surface area contributed by atoms with Gasteiger partial charge in [0, 0.05) is 0 Å². The van der Waals surface area contributed by atoms with E-state index in [4.69, 9.17) is 11.2 Å². The topological polar surface area (TPSA) is 9.23 Å². The van der Waals surface area contributed by atoms with Crippen LogP contribution in [-0.4, -0.2) is 6.61 Å². The van der Waals surface area contributed by atoms with Crippen LogP contribution in [0, 0.1) is 12.3 Å². The smallest absolute Gasteiger partial charge is 0.107 e. The van der Waals surface area contributed by atoms with Crippen molar-refractivity contribution in [1.29, 1.82) is 0 Å². The second-order valence-corrected chi connectivity index (χ2v) is 3.75. The van der Waals surface area contributed by atoms with E-state index in [0.717, 1.165) is 0 Å². The van der Waals surface area contributed by atoms with Gasteiger partial charge in [0.15, 0.2) is 0 Å². The molecule has 1 nitrogen and oxygen atoms in total. The van der Waals surface area contributed by atoms with Crippen molar-refractivity contribution in [3.63, 3.8) is 0 Å². The van der Waals surface area contributed by atoms with Gasteiger partial charge < -0.3 is 4.74 Å². The Kier molecular flexibility index (Phi) is 4.93. The van der Waals surface area contributed by atoms with Crippen molar-refractivity contribution in [3.8, 4) is 12.3 Å². The molecule has 0 aliphatic heterocycles. The second-order valence-electron chi connectivity index (χ2n) is 3.75. The lowest BCUT2D eigenvalue weighted by atomic mass is 9.98. The highest BCUT2D eigenvalue weighted by atomic mass is 16.5. The summed E-state index contributed by atoms with van der Waals surface area (Å²) >= 11 is 0. The van der Waals surface area contributed by atoms with Crippen LogP contribution < -0.4 is 0 Å². The van der Waals surface area contributed by atoms with Gasteiger partial charge in [-0.2, -0.15) is 0 Å². The first kappa shape index (κ1) is 11.8. The zero-order chi connectivity index (χ0) is 11.1. The summed E-state index contributed by atoms with van der Waals surface area (Å²) in [5, 5.41) is 0. The van der Waals surface area contributed by atoms with Crippen molar-refractivity contribution < 1.29 is 4.74 Å². The van der Waals surface area contributed by atoms with E-state index < -0.39 is 0 Å². The van der Waals surface area contributed by atoms with Crippen LogP contribution in [-0.2, 0) is 11.3 Å². The molecule has 0 saturated carbocycles. The molecule has 15 heavy (non-hydrogen) atoms. The summed E-state index contributed by atoms with van der Waals surface area (Å²) < 4.78 is 5.26. The predicted octanol–water partition coefficient (Wildman–Crippen LogP) is 3.35. The third-order valence-electron chi connectivity index (χ3n) is 2.62. The number of rotatable bonds is 5. The lowest BCUT2D eigenvalue weighted by Crippen LogP contribution is -1.95. The fourth-order valence-corrected chi connectivity index (χ4v) is 1.41. The van der Waals surface area contributed by atoms with Crippen molar-refractivity contribution >= 4 is 0 Å². The lowest BCUT2D eigenvalue weighted by Gasteiger charge is -2.09. The van der Waals surface area contributed by atoms with Gasteiger partial charge in [-0.3, -0.25) is 0 Å². The van der Waals surface area contributed by atoms with Gasteiger partial charge >= 0.3 is 0 Å². The van der Waals surface area contributed by atoms with Crippen LogP contribution in [0.1, 0.15) is 37.3 Å². The lowest BCUT2D eigenvalue weighted by molar-refractivity contribution is 0.153. The zero-order valence-corrected chi connectivity index (χ0v) is 9.49. The zero-order valence-electron chi connectivity index (χ0n) is 9.49. The van der Waals surface area contributed by atoms with Crippen molar-refractivity contribution in [2.75, 3.05) is 6.61 Å². The molecule has 1 atom stereocenters. The summed E-state index contributed by atoms with van der Waals surface area (Å²) in [4.78, 5) is 0. The van der Waals surface area contributed by atoms with Crippen molar-refractivity contribution in [1.82, 2.24) is 0 Å². The summed E-state index contributed by atoms with van der Waals surface area (Å²) in [6.45, 7) is 5.43. The van der Waals surface area contributed by atoms with Crippen LogP contribution in [0.3, 0.4) is 0 Å². The molecule has 0 saturated heterocycles. The molecule has 80 valence electrons. The first-order valence-corrected chi connectivity index (χ1v) is 5.38. The Hall–Kier alpha value is -1.26. The molecule has 0 aliphatic rings.